The van der Waals surface area contributed by atoms with Crippen LogP contribution in [0.25, 0.3) is 11.1 Å². The molecule has 7 heteroatoms. The third-order valence-electron chi connectivity index (χ3n) is 6.43. The van der Waals surface area contributed by atoms with E-state index in [1.54, 1.807) is 13.1 Å². The second kappa shape index (κ2) is 6.54. The molecule has 5 rings (SSSR count). The summed E-state index contributed by atoms with van der Waals surface area (Å²) >= 11 is 0. The largest absolute Gasteiger partial charge is 0.484 e. The molecule has 0 aliphatic carbocycles. The summed E-state index contributed by atoms with van der Waals surface area (Å²) in [7, 11) is 1.63. The molecule has 2 aromatic carbocycles. The summed E-state index contributed by atoms with van der Waals surface area (Å²) in [5, 5.41) is 0. The summed E-state index contributed by atoms with van der Waals surface area (Å²) in [4.78, 5) is 19.5. The first-order chi connectivity index (χ1) is 14.3. The quantitative estimate of drug-likeness (QED) is 0.785. The van der Waals surface area contributed by atoms with E-state index in [1.807, 2.05) is 25.1 Å². The van der Waals surface area contributed by atoms with E-state index in [-0.39, 0.29) is 17.7 Å². The van der Waals surface area contributed by atoms with E-state index in [2.05, 4.69) is 4.99 Å². The molecule has 0 aromatic heterocycles. The SMILES string of the molecule is Cc1ccc(F)cc1-c1ccc2c(c1)[C@]1(C[C@@]3(CCCOC3)O2)N=C(N)N(C)C1=O. The molecule has 0 radical (unpaired) electrons. The van der Waals surface area contributed by atoms with E-state index in [9.17, 15) is 9.18 Å². The number of ether oxygens (including phenoxy) is 2. The second-order valence-electron chi connectivity index (χ2n) is 8.48. The number of halogens is 1. The molecule has 3 aliphatic heterocycles. The number of carbonyl (C=O) groups is 1. The van der Waals surface area contributed by atoms with Crippen LogP contribution in [0.2, 0.25) is 0 Å². The maximum Gasteiger partial charge on any atom is 0.261 e. The molecule has 2 aromatic rings. The van der Waals surface area contributed by atoms with E-state index in [0.717, 1.165) is 29.5 Å². The Bertz CT molecular complexity index is 1080. The van der Waals surface area contributed by atoms with Crippen LogP contribution in [0.1, 0.15) is 30.4 Å². The van der Waals surface area contributed by atoms with Gasteiger partial charge in [0.25, 0.3) is 5.91 Å². The fourth-order valence-electron chi connectivity index (χ4n) is 4.88. The van der Waals surface area contributed by atoms with E-state index < -0.39 is 11.1 Å². The Morgan fingerprint density at radius 1 is 1.23 bits per heavy atom. The summed E-state index contributed by atoms with van der Waals surface area (Å²) in [6.45, 7) is 3.02. The topological polar surface area (TPSA) is 77.2 Å². The lowest BCUT2D eigenvalue weighted by molar-refractivity contribution is -0.139. The number of fused-ring (bicyclic) bond motifs is 2. The summed E-state index contributed by atoms with van der Waals surface area (Å²) in [5.74, 6) is 0.302. The molecular weight excluding hydrogens is 385 g/mol. The number of hydrogen-bond donors (Lipinski definition) is 1. The lowest BCUT2D eigenvalue weighted by atomic mass is 9.73. The first-order valence-corrected chi connectivity index (χ1v) is 10.1. The number of benzene rings is 2. The van der Waals surface area contributed by atoms with Gasteiger partial charge in [0.2, 0.25) is 0 Å². The summed E-state index contributed by atoms with van der Waals surface area (Å²) in [6, 6.07) is 10.3. The van der Waals surface area contributed by atoms with Crippen molar-refractivity contribution in [3.8, 4) is 16.9 Å². The first-order valence-electron chi connectivity index (χ1n) is 10.1. The second-order valence-corrected chi connectivity index (χ2v) is 8.48. The smallest absolute Gasteiger partial charge is 0.261 e. The van der Waals surface area contributed by atoms with Crippen molar-refractivity contribution in [3.05, 3.63) is 53.3 Å². The van der Waals surface area contributed by atoms with Gasteiger partial charge < -0.3 is 15.2 Å². The Hall–Kier alpha value is -2.93. The number of rotatable bonds is 1. The number of nitrogens with two attached hydrogens (primary N) is 1. The van der Waals surface area contributed by atoms with Crippen LogP contribution in [-0.4, -0.2) is 42.6 Å². The third-order valence-corrected chi connectivity index (χ3v) is 6.43. The van der Waals surface area contributed by atoms with Crippen molar-refractivity contribution in [1.82, 2.24) is 4.90 Å². The number of guanidine groups is 1. The van der Waals surface area contributed by atoms with Gasteiger partial charge >= 0.3 is 0 Å². The van der Waals surface area contributed by atoms with Crippen LogP contribution in [0.3, 0.4) is 0 Å². The normalized spacial score (nSPS) is 27.9. The molecule has 1 saturated heterocycles. The highest BCUT2D eigenvalue weighted by atomic mass is 19.1. The maximum absolute atomic E-state index is 13.9. The minimum absolute atomic E-state index is 0.178. The lowest BCUT2D eigenvalue weighted by Crippen LogP contribution is -2.55. The van der Waals surface area contributed by atoms with Gasteiger partial charge in [-0.3, -0.25) is 9.69 Å². The van der Waals surface area contributed by atoms with Gasteiger partial charge in [0.15, 0.2) is 11.5 Å². The van der Waals surface area contributed by atoms with Gasteiger partial charge in [-0.1, -0.05) is 12.1 Å². The predicted octanol–water partition coefficient (Wildman–Crippen LogP) is 3.11. The number of aryl methyl sites for hydroxylation is 1. The van der Waals surface area contributed by atoms with Crippen molar-refractivity contribution in [3.63, 3.8) is 0 Å². The number of aliphatic imine (C=N–C) groups is 1. The molecule has 0 bridgehead atoms. The van der Waals surface area contributed by atoms with Crippen LogP contribution in [0, 0.1) is 12.7 Å². The zero-order valence-corrected chi connectivity index (χ0v) is 17.1. The number of amides is 1. The first kappa shape index (κ1) is 19.1. The molecule has 2 atom stereocenters. The van der Waals surface area contributed by atoms with Crippen molar-refractivity contribution in [2.75, 3.05) is 20.3 Å². The van der Waals surface area contributed by atoms with Crippen LogP contribution in [0.5, 0.6) is 5.75 Å². The van der Waals surface area contributed by atoms with Gasteiger partial charge in [-0.2, -0.15) is 0 Å². The highest BCUT2D eigenvalue weighted by Crippen LogP contribution is 2.51. The van der Waals surface area contributed by atoms with Gasteiger partial charge in [-0.25, -0.2) is 9.38 Å². The van der Waals surface area contributed by atoms with Crippen molar-refractivity contribution < 1.29 is 18.7 Å². The summed E-state index contributed by atoms with van der Waals surface area (Å²) in [6.07, 6.45) is 2.00. The maximum atomic E-state index is 13.9. The molecule has 30 heavy (non-hydrogen) atoms. The minimum Gasteiger partial charge on any atom is -0.484 e. The van der Waals surface area contributed by atoms with Gasteiger partial charge in [0.1, 0.15) is 17.2 Å². The standard InChI is InChI=1S/C23H24FN3O3/c1-14-4-6-16(24)11-17(14)15-5-7-19-18(10-15)23(20(28)27(2)21(25)26-23)12-22(30-19)8-3-9-29-13-22/h4-7,10-11H,3,8-9,12-13H2,1-2H3,(H2,25,26)/t22-,23+/m1/s1. The van der Waals surface area contributed by atoms with Crippen LogP contribution in [0.4, 0.5) is 4.39 Å². The van der Waals surface area contributed by atoms with Crippen molar-refractivity contribution in [2.45, 2.75) is 37.3 Å². The molecular formula is C23H24FN3O3. The van der Waals surface area contributed by atoms with Crippen molar-refractivity contribution in [1.29, 1.82) is 0 Å². The highest BCUT2D eigenvalue weighted by molar-refractivity contribution is 6.07. The van der Waals surface area contributed by atoms with E-state index in [1.165, 1.54) is 17.0 Å². The monoisotopic (exact) mass is 409 g/mol. The van der Waals surface area contributed by atoms with Gasteiger partial charge in [-0.15, -0.1) is 0 Å². The Labute approximate surface area is 174 Å². The number of likely N-dealkylation sites (N-methyl/N-ethyl adjacent to an activating group) is 1. The number of nitrogens with zero attached hydrogens (tertiary/aromatic N) is 2. The third kappa shape index (κ3) is 2.72. The van der Waals surface area contributed by atoms with Crippen LogP contribution >= 0.6 is 0 Å². The molecule has 2 spiro atoms. The zero-order chi connectivity index (χ0) is 21.1. The Balaban J connectivity index is 1.70. The number of carbonyl (C=O) groups excluding carboxylic acids is 1. The molecule has 0 unspecified atom stereocenters. The minimum atomic E-state index is -1.16. The fraction of sp³-hybridized carbons (Fsp3) is 0.391. The molecule has 0 saturated carbocycles. The Kier molecular flexibility index (Phi) is 4.15. The molecule has 156 valence electrons. The fourth-order valence-corrected chi connectivity index (χ4v) is 4.88. The van der Waals surface area contributed by atoms with Gasteiger partial charge in [0, 0.05) is 25.6 Å². The van der Waals surface area contributed by atoms with Crippen molar-refractivity contribution in [2.24, 2.45) is 10.7 Å². The molecule has 1 fully saturated rings. The molecule has 6 nitrogen and oxygen atoms in total. The van der Waals surface area contributed by atoms with Crippen LogP contribution in [0.15, 0.2) is 41.4 Å². The van der Waals surface area contributed by atoms with E-state index in [4.69, 9.17) is 15.2 Å². The van der Waals surface area contributed by atoms with Crippen molar-refractivity contribution >= 4 is 11.9 Å². The Morgan fingerprint density at radius 2 is 2.07 bits per heavy atom. The molecule has 2 N–H and O–H groups in total. The van der Waals surface area contributed by atoms with Gasteiger partial charge in [-0.05, 0) is 60.7 Å². The lowest BCUT2D eigenvalue weighted by Gasteiger charge is -2.46. The van der Waals surface area contributed by atoms with Gasteiger partial charge in [0.05, 0.1) is 6.61 Å². The molecule has 1 amide bonds. The highest BCUT2D eigenvalue weighted by Gasteiger charge is 2.58. The average Bonchev–Trinajstić information content (AvgIpc) is 2.94. The van der Waals surface area contributed by atoms with E-state index >= 15 is 0 Å². The Morgan fingerprint density at radius 3 is 2.77 bits per heavy atom. The summed E-state index contributed by atoms with van der Waals surface area (Å²) < 4.78 is 26.1. The average molecular weight is 409 g/mol. The molecule has 3 heterocycles. The molecule has 3 aliphatic rings. The summed E-state index contributed by atoms with van der Waals surface area (Å²) in [5.41, 5.74) is 7.48. The zero-order valence-electron chi connectivity index (χ0n) is 17.1. The van der Waals surface area contributed by atoms with Crippen LogP contribution in [-0.2, 0) is 15.1 Å². The number of hydrogen-bond acceptors (Lipinski definition) is 5. The van der Waals surface area contributed by atoms with E-state index in [0.29, 0.717) is 30.9 Å². The predicted molar refractivity (Wildman–Crippen MR) is 111 cm³/mol. The van der Waals surface area contributed by atoms with Crippen LogP contribution < -0.4 is 10.5 Å².